The Kier molecular flexibility index (Phi) is 2.64. The highest BCUT2D eigenvalue weighted by Gasteiger charge is 2.32. The molecular formula is C8H13N3O3S. The first-order chi connectivity index (χ1) is 7.11. The van der Waals surface area contributed by atoms with Gasteiger partial charge < -0.3 is 9.84 Å². The van der Waals surface area contributed by atoms with Gasteiger partial charge in [0.15, 0.2) is 15.7 Å². The number of sulfone groups is 1. The number of rotatable bonds is 3. The molecule has 1 aromatic heterocycles. The zero-order valence-electron chi connectivity index (χ0n) is 8.43. The third-order valence-corrected chi connectivity index (χ3v) is 4.14. The molecule has 0 aromatic carbocycles. The minimum Gasteiger partial charge on any atom is -0.338 e. The topological polar surface area (TPSA) is 85.1 Å². The molecule has 1 atom stereocenters. The lowest BCUT2D eigenvalue weighted by Crippen LogP contribution is -2.05. The van der Waals surface area contributed by atoms with Gasteiger partial charge in [0, 0.05) is 12.5 Å². The lowest BCUT2D eigenvalue weighted by molar-refractivity contribution is 0.418. The van der Waals surface area contributed by atoms with Crippen LogP contribution in [0, 0.1) is 0 Å². The largest absolute Gasteiger partial charge is 0.338 e. The summed E-state index contributed by atoms with van der Waals surface area (Å²) in [5.74, 6) is 0.749. The molecule has 6 nitrogen and oxygen atoms in total. The molecule has 2 heterocycles. The Morgan fingerprint density at radius 1 is 1.60 bits per heavy atom. The van der Waals surface area contributed by atoms with Crippen molar-refractivity contribution in [3.8, 4) is 0 Å². The van der Waals surface area contributed by atoms with Crippen LogP contribution >= 0.6 is 0 Å². The summed E-state index contributed by atoms with van der Waals surface area (Å²) in [7, 11) is -2.89. The molecule has 0 aliphatic carbocycles. The van der Waals surface area contributed by atoms with Crippen molar-refractivity contribution in [1.82, 2.24) is 10.1 Å². The van der Waals surface area contributed by atoms with Crippen molar-refractivity contribution >= 4 is 15.9 Å². The molecular weight excluding hydrogens is 218 g/mol. The van der Waals surface area contributed by atoms with Crippen molar-refractivity contribution in [3.63, 3.8) is 0 Å². The molecule has 1 aliphatic heterocycles. The fourth-order valence-electron chi connectivity index (χ4n) is 1.62. The summed E-state index contributed by atoms with van der Waals surface area (Å²) >= 11 is 0. The standard InChI is InChI=1S/C8H13N3O3S/c1-2-9-8-10-7(11-14-8)6-3-4-15(12,13)5-6/h6H,2-5H2,1H3,(H,9,10,11). The van der Waals surface area contributed by atoms with Crippen LogP contribution in [-0.2, 0) is 9.84 Å². The number of nitrogens with zero attached hydrogens (tertiary/aromatic N) is 2. The quantitative estimate of drug-likeness (QED) is 0.810. The van der Waals surface area contributed by atoms with Gasteiger partial charge in [0.1, 0.15) is 0 Å². The Balaban J connectivity index is 2.10. The van der Waals surface area contributed by atoms with Crippen LogP contribution in [0.15, 0.2) is 4.52 Å². The molecule has 2 rings (SSSR count). The maximum Gasteiger partial charge on any atom is 0.321 e. The van der Waals surface area contributed by atoms with Crippen LogP contribution < -0.4 is 5.32 Å². The molecule has 0 radical (unpaired) electrons. The summed E-state index contributed by atoms with van der Waals surface area (Å²) in [5.41, 5.74) is 0. The fraction of sp³-hybridized carbons (Fsp3) is 0.750. The van der Waals surface area contributed by atoms with Crippen molar-refractivity contribution < 1.29 is 12.9 Å². The summed E-state index contributed by atoms with van der Waals surface area (Å²) in [4.78, 5) is 4.09. The van der Waals surface area contributed by atoms with E-state index in [2.05, 4.69) is 15.5 Å². The second-order valence-corrected chi connectivity index (χ2v) is 5.82. The van der Waals surface area contributed by atoms with Gasteiger partial charge in [0.25, 0.3) is 0 Å². The summed E-state index contributed by atoms with van der Waals surface area (Å²) in [5, 5.41) is 6.65. The Bertz CT molecular complexity index is 440. The minimum atomic E-state index is -2.89. The Hall–Kier alpha value is -1.11. The van der Waals surface area contributed by atoms with E-state index in [1.165, 1.54) is 0 Å². The number of aromatic nitrogens is 2. The number of anilines is 1. The summed E-state index contributed by atoms with van der Waals surface area (Å²) in [6.07, 6.45) is 0.591. The highest BCUT2D eigenvalue weighted by molar-refractivity contribution is 7.91. The van der Waals surface area contributed by atoms with Crippen LogP contribution in [0.25, 0.3) is 0 Å². The van der Waals surface area contributed by atoms with Crippen LogP contribution in [0.2, 0.25) is 0 Å². The molecule has 1 saturated heterocycles. The molecule has 84 valence electrons. The van der Waals surface area contributed by atoms with Crippen LogP contribution in [0.4, 0.5) is 6.01 Å². The minimum absolute atomic E-state index is 0.105. The van der Waals surface area contributed by atoms with E-state index in [0.29, 0.717) is 24.8 Å². The lowest BCUT2D eigenvalue weighted by atomic mass is 10.1. The number of nitrogens with one attached hydrogen (secondary N) is 1. The van der Waals surface area contributed by atoms with E-state index in [-0.39, 0.29) is 17.4 Å². The van der Waals surface area contributed by atoms with Gasteiger partial charge in [0.05, 0.1) is 11.5 Å². The third kappa shape index (κ3) is 2.28. The molecule has 0 amide bonds. The van der Waals surface area contributed by atoms with E-state index in [4.69, 9.17) is 4.52 Å². The van der Waals surface area contributed by atoms with Gasteiger partial charge in [-0.25, -0.2) is 8.42 Å². The number of hydrogen-bond donors (Lipinski definition) is 1. The molecule has 0 bridgehead atoms. The molecule has 1 N–H and O–H groups in total. The number of hydrogen-bond acceptors (Lipinski definition) is 6. The monoisotopic (exact) mass is 231 g/mol. The molecule has 0 spiro atoms. The maximum absolute atomic E-state index is 11.2. The van der Waals surface area contributed by atoms with Gasteiger partial charge in [-0.2, -0.15) is 4.98 Å². The summed E-state index contributed by atoms with van der Waals surface area (Å²) in [6.45, 7) is 2.62. The average molecular weight is 231 g/mol. The highest BCUT2D eigenvalue weighted by atomic mass is 32.2. The van der Waals surface area contributed by atoms with Crippen LogP contribution in [-0.4, -0.2) is 36.6 Å². The molecule has 1 unspecified atom stereocenters. The van der Waals surface area contributed by atoms with E-state index in [1.807, 2.05) is 6.92 Å². The highest BCUT2D eigenvalue weighted by Crippen LogP contribution is 2.27. The predicted octanol–water partition coefficient (Wildman–Crippen LogP) is 0.404. The first-order valence-electron chi connectivity index (χ1n) is 4.88. The molecule has 0 saturated carbocycles. The zero-order chi connectivity index (χ0) is 10.9. The molecule has 15 heavy (non-hydrogen) atoms. The van der Waals surface area contributed by atoms with Crippen LogP contribution in [0.3, 0.4) is 0 Å². The first kappa shape index (κ1) is 10.4. The van der Waals surface area contributed by atoms with Crippen molar-refractivity contribution in [1.29, 1.82) is 0 Å². The van der Waals surface area contributed by atoms with Crippen molar-refractivity contribution in [2.75, 3.05) is 23.4 Å². The Labute approximate surface area is 88.0 Å². The van der Waals surface area contributed by atoms with Gasteiger partial charge in [-0.3, -0.25) is 0 Å². The van der Waals surface area contributed by atoms with E-state index in [9.17, 15) is 8.42 Å². The molecule has 1 fully saturated rings. The van der Waals surface area contributed by atoms with E-state index in [1.54, 1.807) is 0 Å². The van der Waals surface area contributed by atoms with Crippen LogP contribution in [0.5, 0.6) is 0 Å². The van der Waals surface area contributed by atoms with Crippen molar-refractivity contribution in [2.45, 2.75) is 19.3 Å². The zero-order valence-corrected chi connectivity index (χ0v) is 9.25. The summed E-state index contributed by atoms with van der Waals surface area (Å²) in [6, 6.07) is 0.358. The van der Waals surface area contributed by atoms with E-state index in [0.717, 1.165) is 0 Å². The third-order valence-electron chi connectivity index (χ3n) is 2.37. The van der Waals surface area contributed by atoms with E-state index < -0.39 is 9.84 Å². The average Bonchev–Trinajstić information content (AvgIpc) is 2.73. The lowest BCUT2D eigenvalue weighted by Gasteiger charge is -1.98. The van der Waals surface area contributed by atoms with E-state index >= 15 is 0 Å². The first-order valence-corrected chi connectivity index (χ1v) is 6.71. The molecule has 1 aliphatic rings. The molecule has 1 aromatic rings. The summed E-state index contributed by atoms with van der Waals surface area (Å²) < 4.78 is 27.4. The van der Waals surface area contributed by atoms with Gasteiger partial charge >= 0.3 is 6.01 Å². The van der Waals surface area contributed by atoms with Gasteiger partial charge in [0.2, 0.25) is 0 Å². The van der Waals surface area contributed by atoms with Gasteiger partial charge in [-0.1, -0.05) is 5.16 Å². The molecule has 7 heteroatoms. The maximum atomic E-state index is 11.2. The normalized spacial score (nSPS) is 24.2. The van der Waals surface area contributed by atoms with Crippen molar-refractivity contribution in [2.24, 2.45) is 0 Å². The van der Waals surface area contributed by atoms with Gasteiger partial charge in [-0.15, -0.1) is 0 Å². The Morgan fingerprint density at radius 2 is 2.40 bits per heavy atom. The van der Waals surface area contributed by atoms with Crippen LogP contribution in [0.1, 0.15) is 25.1 Å². The Morgan fingerprint density at radius 3 is 3.00 bits per heavy atom. The smallest absolute Gasteiger partial charge is 0.321 e. The fourth-order valence-corrected chi connectivity index (χ4v) is 3.36. The second-order valence-electron chi connectivity index (χ2n) is 3.59. The predicted molar refractivity (Wildman–Crippen MR) is 54.5 cm³/mol. The second kappa shape index (κ2) is 3.80. The van der Waals surface area contributed by atoms with Crippen molar-refractivity contribution in [3.05, 3.63) is 5.82 Å². The van der Waals surface area contributed by atoms with Gasteiger partial charge in [-0.05, 0) is 13.3 Å². The SMILES string of the molecule is CCNc1nc(C2CCS(=O)(=O)C2)no1.